The van der Waals surface area contributed by atoms with Gasteiger partial charge in [0.1, 0.15) is 0 Å². The summed E-state index contributed by atoms with van der Waals surface area (Å²) in [6.07, 6.45) is 8.90. The fourth-order valence-corrected chi connectivity index (χ4v) is 4.14. The Labute approximate surface area is 172 Å². The number of aromatic nitrogens is 1. The maximum absolute atomic E-state index is 12.6. The van der Waals surface area contributed by atoms with Crippen LogP contribution in [0.15, 0.2) is 42.7 Å². The van der Waals surface area contributed by atoms with Gasteiger partial charge in [-0.25, -0.2) is 0 Å². The molecule has 1 saturated carbocycles. The largest absolute Gasteiger partial charge is 0.493 e. The van der Waals surface area contributed by atoms with Crippen molar-refractivity contribution in [2.45, 2.75) is 38.2 Å². The number of ether oxygens (including phenoxy) is 2. The van der Waals surface area contributed by atoms with Crippen LogP contribution in [0.1, 0.15) is 31.2 Å². The first-order chi connectivity index (χ1) is 14.2. The molecule has 0 N–H and O–H groups in total. The summed E-state index contributed by atoms with van der Waals surface area (Å²) >= 11 is 0. The number of methoxy groups -OCH3 is 1. The molecule has 1 aliphatic heterocycles. The first-order valence-electron chi connectivity index (χ1n) is 10.5. The van der Waals surface area contributed by atoms with Gasteiger partial charge in [0.25, 0.3) is 0 Å². The highest BCUT2D eigenvalue weighted by molar-refractivity contribution is 5.79. The molecule has 0 unspecified atom stereocenters. The van der Waals surface area contributed by atoms with Crippen molar-refractivity contribution in [1.82, 2.24) is 9.88 Å². The summed E-state index contributed by atoms with van der Waals surface area (Å²) in [5, 5.41) is 0. The van der Waals surface area contributed by atoms with Gasteiger partial charge in [0, 0.05) is 50.3 Å². The molecule has 6 heteroatoms. The summed E-state index contributed by atoms with van der Waals surface area (Å²) in [5.41, 5.74) is 2.14. The molecule has 1 aromatic carbocycles. The van der Waals surface area contributed by atoms with Gasteiger partial charge in [-0.1, -0.05) is 0 Å². The van der Waals surface area contributed by atoms with E-state index < -0.39 is 0 Å². The predicted octanol–water partition coefficient (Wildman–Crippen LogP) is 3.30. The number of carbonyl (C=O) groups excluding carboxylic acids is 1. The van der Waals surface area contributed by atoms with Gasteiger partial charge in [-0.05, 0) is 55.5 Å². The minimum absolute atomic E-state index is 0.177. The summed E-state index contributed by atoms with van der Waals surface area (Å²) < 4.78 is 11.7. The van der Waals surface area contributed by atoms with Gasteiger partial charge in [-0.15, -0.1) is 0 Å². The molecule has 0 atom stereocenters. The van der Waals surface area contributed by atoms with Crippen molar-refractivity contribution in [2.75, 3.05) is 38.2 Å². The van der Waals surface area contributed by atoms with E-state index in [0.717, 1.165) is 61.8 Å². The fraction of sp³-hybridized carbons (Fsp3) is 0.478. The van der Waals surface area contributed by atoms with Gasteiger partial charge < -0.3 is 19.3 Å². The smallest absolute Gasteiger partial charge is 0.227 e. The van der Waals surface area contributed by atoms with Crippen LogP contribution in [0.5, 0.6) is 11.5 Å². The first kappa shape index (κ1) is 19.6. The van der Waals surface area contributed by atoms with Gasteiger partial charge >= 0.3 is 0 Å². The zero-order valence-corrected chi connectivity index (χ0v) is 17.0. The molecule has 2 aliphatic rings. The number of amides is 1. The van der Waals surface area contributed by atoms with Gasteiger partial charge in [0.05, 0.1) is 19.6 Å². The summed E-state index contributed by atoms with van der Waals surface area (Å²) in [7, 11) is 1.68. The molecule has 2 fully saturated rings. The number of rotatable bonds is 6. The van der Waals surface area contributed by atoms with Crippen molar-refractivity contribution in [1.29, 1.82) is 0 Å². The van der Waals surface area contributed by atoms with E-state index in [9.17, 15) is 4.79 Å². The average Bonchev–Trinajstić information content (AvgIpc) is 3.27. The lowest BCUT2D eigenvalue weighted by Crippen LogP contribution is -2.49. The van der Waals surface area contributed by atoms with Crippen LogP contribution in [0.25, 0.3) is 0 Å². The van der Waals surface area contributed by atoms with Gasteiger partial charge in [0.2, 0.25) is 5.91 Å². The summed E-state index contributed by atoms with van der Waals surface area (Å²) in [5.74, 6) is 1.79. The molecule has 1 saturated heterocycles. The minimum atomic E-state index is 0.177. The van der Waals surface area contributed by atoms with E-state index in [-0.39, 0.29) is 5.91 Å². The van der Waals surface area contributed by atoms with Crippen LogP contribution in [0.2, 0.25) is 0 Å². The van der Waals surface area contributed by atoms with Crippen molar-refractivity contribution in [2.24, 2.45) is 0 Å². The number of benzene rings is 1. The SMILES string of the molecule is COc1ccc(N2CCN(C(=O)Cc3ccncc3)CC2)cc1OC1CCCC1. The van der Waals surface area contributed by atoms with Crippen LogP contribution in [0, 0.1) is 0 Å². The van der Waals surface area contributed by atoms with Gasteiger partial charge in [-0.3, -0.25) is 9.78 Å². The second-order valence-electron chi connectivity index (χ2n) is 7.76. The third kappa shape index (κ3) is 4.81. The van der Waals surface area contributed by atoms with E-state index in [1.807, 2.05) is 23.1 Å². The van der Waals surface area contributed by atoms with E-state index in [4.69, 9.17) is 9.47 Å². The molecule has 154 valence electrons. The Kier molecular flexibility index (Phi) is 6.17. The second-order valence-corrected chi connectivity index (χ2v) is 7.76. The summed E-state index contributed by atoms with van der Waals surface area (Å²) in [6, 6.07) is 9.95. The number of piperazine rings is 1. The van der Waals surface area contributed by atoms with E-state index in [1.54, 1.807) is 19.5 Å². The molecule has 0 spiro atoms. The number of carbonyl (C=O) groups is 1. The molecule has 2 heterocycles. The van der Waals surface area contributed by atoms with E-state index in [0.29, 0.717) is 12.5 Å². The van der Waals surface area contributed by atoms with Crippen LogP contribution >= 0.6 is 0 Å². The molecular formula is C23H29N3O3. The molecule has 1 amide bonds. The van der Waals surface area contributed by atoms with Crippen LogP contribution < -0.4 is 14.4 Å². The highest BCUT2D eigenvalue weighted by atomic mass is 16.5. The van der Waals surface area contributed by atoms with Gasteiger partial charge in [-0.2, -0.15) is 0 Å². The normalized spacial score (nSPS) is 17.4. The molecule has 1 aliphatic carbocycles. The fourth-order valence-electron chi connectivity index (χ4n) is 4.14. The average molecular weight is 396 g/mol. The molecule has 6 nitrogen and oxygen atoms in total. The first-order valence-corrected chi connectivity index (χ1v) is 10.5. The van der Waals surface area contributed by atoms with Crippen LogP contribution in [-0.2, 0) is 11.2 Å². The van der Waals surface area contributed by atoms with Crippen molar-refractivity contribution in [3.8, 4) is 11.5 Å². The summed E-state index contributed by atoms with van der Waals surface area (Å²) in [6.45, 7) is 3.10. The van der Waals surface area contributed by atoms with Crippen LogP contribution in [-0.4, -0.2) is 55.2 Å². The maximum atomic E-state index is 12.6. The number of hydrogen-bond acceptors (Lipinski definition) is 5. The molecule has 0 bridgehead atoms. The highest BCUT2D eigenvalue weighted by Gasteiger charge is 2.23. The lowest BCUT2D eigenvalue weighted by molar-refractivity contribution is -0.130. The standard InChI is InChI=1S/C23H29N3O3/c1-28-21-7-6-19(17-22(21)29-20-4-2-3-5-20)25-12-14-26(15-13-25)23(27)16-18-8-10-24-11-9-18/h6-11,17,20H,2-5,12-16H2,1H3. The lowest BCUT2D eigenvalue weighted by Gasteiger charge is -2.36. The Morgan fingerprint density at radius 2 is 1.76 bits per heavy atom. The molecule has 0 radical (unpaired) electrons. The number of nitrogens with zero attached hydrogens (tertiary/aromatic N) is 3. The predicted molar refractivity (Wildman–Crippen MR) is 113 cm³/mol. The number of anilines is 1. The highest BCUT2D eigenvalue weighted by Crippen LogP contribution is 2.35. The molecule has 1 aromatic heterocycles. The maximum Gasteiger partial charge on any atom is 0.227 e. The van der Waals surface area contributed by atoms with Crippen molar-refractivity contribution >= 4 is 11.6 Å². The zero-order valence-electron chi connectivity index (χ0n) is 17.0. The number of pyridine rings is 1. The Morgan fingerprint density at radius 1 is 1.03 bits per heavy atom. The Hall–Kier alpha value is -2.76. The minimum Gasteiger partial charge on any atom is -0.493 e. The quantitative estimate of drug-likeness (QED) is 0.751. The molecule has 29 heavy (non-hydrogen) atoms. The van der Waals surface area contributed by atoms with Crippen molar-refractivity contribution < 1.29 is 14.3 Å². The number of hydrogen-bond donors (Lipinski definition) is 0. The van der Waals surface area contributed by atoms with Crippen LogP contribution in [0.4, 0.5) is 5.69 Å². The molecule has 4 rings (SSSR count). The Morgan fingerprint density at radius 3 is 2.45 bits per heavy atom. The third-order valence-corrected chi connectivity index (χ3v) is 5.85. The van der Waals surface area contributed by atoms with E-state index in [2.05, 4.69) is 22.0 Å². The molecular weight excluding hydrogens is 366 g/mol. The van der Waals surface area contributed by atoms with Crippen molar-refractivity contribution in [3.05, 3.63) is 48.3 Å². The second kappa shape index (κ2) is 9.16. The van der Waals surface area contributed by atoms with E-state index >= 15 is 0 Å². The van der Waals surface area contributed by atoms with E-state index in [1.165, 1.54) is 12.8 Å². The lowest BCUT2D eigenvalue weighted by atomic mass is 10.1. The topological polar surface area (TPSA) is 54.9 Å². The Balaban J connectivity index is 1.37. The monoisotopic (exact) mass is 395 g/mol. The van der Waals surface area contributed by atoms with Gasteiger partial charge in [0.15, 0.2) is 11.5 Å². The van der Waals surface area contributed by atoms with Crippen LogP contribution in [0.3, 0.4) is 0 Å². The third-order valence-electron chi connectivity index (χ3n) is 5.85. The van der Waals surface area contributed by atoms with Crippen molar-refractivity contribution in [3.63, 3.8) is 0 Å². The molecule has 2 aromatic rings. The Bertz CT molecular complexity index is 813. The summed E-state index contributed by atoms with van der Waals surface area (Å²) in [4.78, 5) is 20.9. The zero-order chi connectivity index (χ0) is 20.1.